The van der Waals surface area contributed by atoms with Crippen LogP contribution in [0.15, 0.2) is 29.3 Å². The Bertz CT molecular complexity index is 466. The lowest BCUT2D eigenvalue weighted by Crippen LogP contribution is -2.38. The van der Waals surface area contributed by atoms with E-state index in [1.807, 2.05) is 6.26 Å². The maximum Gasteiger partial charge on any atom is 0.573 e. The van der Waals surface area contributed by atoms with Gasteiger partial charge in [0.05, 0.1) is 0 Å². The van der Waals surface area contributed by atoms with Gasteiger partial charge in [-0.1, -0.05) is 18.2 Å². The molecule has 1 rings (SSSR count). The molecule has 0 atom stereocenters. The summed E-state index contributed by atoms with van der Waals surface area (Å²) >= 11 is 1.69. The lowest BCUT2D eigenvalue weighted by molar-refractivity contribution is -0.274. The predicted molar refractivity (Wildman–Crippen MR) is 79.7 cm³/mol. The van der Waals surface area contributed by atoms with E-state index in [2.05, 4.69) is 20.4 Å². The Morgan fingerprint density at radius 3 is 2.62 bits per heavy atom. The molecule has 21 heavy (non-hydrogen) atoms. The number of hydrogen-bond acceptors (Lipinski definition) is 3. The molecule has 0 heterocycles. The van der Waals surface area contributed by atoms with Gasteiger partial charge in [0, 0.05) is 31.5 Å². The number of para-hydroxylation sites is 1. The van der Waals surface area contributed by atoms with E-state index in [1.54, 1.807) is 30.9 Å². The SMILES string of the molecule is CN=C(NCCSC)NCc1ccccc1OC(F)(F)F. The molecule has 1 aromatic rings. The van der Waals surface area contributed by atoms with Crippen LogP contribution >= 0.6 is 11.8 Å². The topological polar surface area (TPSA) is 45.7 Å². The number of hydrogen-bond donors (Lipinski definition) is 2. The molecule has 0 fully saturated rings. The first kappa shape index (κ1) is 17.5. The second-order valence-electron chi connectivity index (χ2n) is 4.00. The fourth-order valence-electron chi connectivity index (χ4n) is 1.55. The second-order valence-corrected chi connectivity index (χ2v) is 4.99. The number of ether oxygens (including phenoxy) is 1. The van der Waals surface area contributed by atoms with Gasteiger partial charge in [-0.3, -0.25) is 4.99 Å². The van der Waals surface area contributed by atoms with Crippen molar-refractivity contribution in [1.82, 2.24) is 10.6 Å². The summed E-state index contributed by atoms with van der Waals surface area (Å²) in [7, 11) is 1.60. The standard InChI is InChI=1S/C13H18F3N3OS/c1-17-12(18-7-8-21-2)19-9-10-5-3-4-6-11(10)20-13(14,15)16/h3-6H,7-9H2,1-2H3,(H2,17,18,19). The highest BCUT2D eigenvalue weighted by atomic mass is 32.2. The van der Waals surface area contributed by atoms with E-state index in [0.29, 0.717) is 11.5 Å². The van der Waals surface area contributed by atoms with Crippen molar-refractivity contribution >= 4 is 17.7 Å². The van der Waals surface area contributed by atoms with Crippen LogP contribution in [0.25, 0.3) is 0 Å². The van der Waals surface area contributed by atoms with Crippen molar-refractivity contribution in [3.63, 3.8) is 0 Å². The Morgan fingerprint density at radius 2 is 2.00 bits per heavy atom. The first-order valence-corrected chi connectivity index (χ1v) is 7.62. The lowest BCUT2D eigenvalue weighted by atomic mass is 10.2. The highest BCUT2D eigenvalue weighted by molar-refractivity contribution is 7.98. The zero-order valence-corrected chi connectivity index (χ0v) is 12.6. The maximum absolute atomic E-state index is 12.3. The van der Waals surface area contributed by atoms with Crippen molar-refractivity contribution in [2.24, 2.45) is 4.99 Å². The van der Waals surface area contributed by atoms with Crippen LogP contribution in [-0.2, 0) is 6.54 Å². The summed E-state index contributed by atoms with van der Waals surface area (Å²) in [4.78, 5) is 4.00. The number of halogens is 3. The molecule has 0 saturated heterocycles. The van der Waals surface area contributed by atoms with Crippen LogP contribution in [-0.4, -0.2) is 37.9 Å². The van der Waals surface area contributed by atoms with E-state index < -0.39 is 6.36 Å². The van der Waals surface area contributed by atoms with Crippen LogP contribution in [0.4, 0.5) is 13.2 Å². The van der Waals surface area contributed by atoms with Crippen LogP contribution in [0.5, 0.6) is 5.75 Å². The molecule has 0 aromatic heterocycles. The quantitative estimate of drug-likeness (QED) is 0.480. The molecule has 0 bridgehead atoms. The van der Waals surface area contributed by atoms with Gasteiger partial charge in [-0.25, -0.2) is 0 Å². The van der Waals surface area contributed by atoms with Gasteiger partial charge in [-0.2, -0.15) is 11.8 Å². The third kappa shape index (κ3) is 7.12. The van der Waals surface area contributed by atoms with Gasteiger partial charge in [0.1, 0.15) is 5.75 Å². The Labute approximate surface area is 126 Å². The average Bonchev–Trinajstić information content (AvgIpc) is 2.42. The van der Waals surface area contributed by atoms with Gasteiger partial charge in [-0.15, -0.1) is 13.2 Å². The molecule has 8 heteroatoms. The van der Waals surface area contributed by atoms with Crippen molar-refractivity contribution in [2.75, 3.05) is 25.6 Å². The van der Waals surface area contributed by atoms with E-state index in [4.69, 9.17) is 0 Å². The van der Waals surface area contributed by atoms with Gasteiger partial charge < -0.3 is 15.4 Å². The molecule has 0 spiro atoms. The van der Waals surface area contributed by atoms with Gasteiger partial charge in [0.15, 0.2) is 5.96 Å². The number of alkyl halides is 3. The summed E-state index contributed by atoms with van der Waals surface area (Å²) in [5.74, 6) is 1.23. The Hall–Kier alpha value is -1.57. The molecule has 0 aliphatic rings. The van der Waals surface area contributed by atoms with Crippen molar-refractivity contribution in [1.29, 1.82) is 0 Å². The largest absolute Gasteiger partial charge is 0.573 e. The minimum atomic E-state index is -4.70. The molecule has 0 aliphatic carbocycles. The zero-order valence-electron chi connectivity index (χ0n) is 11.8. The Morgan fingerprint density at radius 1 is 1.29 bits per heavy atom. The monoisotopic (exact) mass is 321 g/mol. The Balaban J connectivity index is 2.62. The minimum Gasteiger partial charge on any atom is -0.405 e. The van der Waals surface area contributed by atoms with Crippen LogP contribution in [0.1, 0.15) is 5.56 Å². The van der Waals surface area contributed by atoms with Crippen molar-refractivity contribution < 1.29 is 17.9 Å². The molecule has 0 saturated carbocycles. The normalized spacial score (nSPS) is 12.1. The molecule has 0 radical (unpaired) electrons. The zero-order chi connectivity index (χ0) is 15.7. The highest BCUT2D eigenvalue weighted by Crippen LogP contribution is 2.25. The van der Waals surface area contributed by atoms with Gasteiger partial charge in [0.25, 0.3) is 0 Å². The smallest absolute Gasteiger partial charge is 0.405 e. The number of rotatable bonds is 6. The third-order valence-electron chi connectivity index (χ3n) is 2.47. The first-order chi connectivity index (χ1) is 9.96. The highest BCUT2D eigenvalue weighted by Gasteiger charge is 2.31. The third-order valence-corrected chi connectivity index (χ3v) is 3.08. The molecule has 0 amide bonds. The molecule has 4 nitrogen and oxygen atoms in total. The number of benzene rings is 1. The number of thioether (sulfide) groups is 1. The summed E-state index contributed by atoms with van der Waals surface area (Å²) < 4.78 is 40.9. The molecule has 2 N–H and O–H groups in total. The summed E-state index contributed by atoms with van der Waals surface area (Å²) in [5, 5.41) is 6.02. The van der Waals surface area contributed by atoms with E-state index in [-0.39, 0.29) is 12.3 Å². The van der Waals surface area contributed by atoms with Crippen LogP contribution in [0.2, 0.25) is 0 Å². The minimum absolute atomic E-state index is 0.186. The molecule has 1 aromatic carbocycles. The van der Waals surface area contributed by atoms with E-state index in [0.717, 1.165) is 12.3 Å². The molecular weight excluding hydrogens is 303 g/mol. The second kappa shape index (κ2) is 8.66. The summed E-state index contributed by atoms with van der Waals surface area (Å²) in [6.07, 6.45) is -2.71. The van der Waals surface area contributed by atoms with E-state index in [1.165, 1.54) is 12.1 Å². The lowest BCUT2D eigenvalue weighted by Gasteiger charge is -2.15. The molecule has 118 valence electrons. The fourth-order valence-corrected chi connectivity index (χ4v) is 1.85. The summed E-state index contributed by atoms with van der Waals surface area (Å²) in [6, 6.07) is 6.01. The average molecular weight is 321 g/mol. The van der Waals surface area contributed by atoms with Crippen molar-refractivity contribution in [3.05, 3.63) is 29.8 Å². The number of nitrogens with zero attached hydrogens (tertiary/aromatic N) is 1. The van der Waals surface area contributed by atoms with Crippen molar-refractivity contribution in [2.45, 2.75) is 12.9 Å². The molecular formula is C13H18F3N3OS. The fraction of sp³-hybridized carbons (Fsp3) is 0.462. The van der Waals surface area contributed by atoms with Crippen LogP contribution in [0, 0.1) is 0 Å². The summed E-state index contributed by atoms with van der Waals surface area (Å²) in [6.45, 7) is 0.909. The van der Waals surface area contributed by atoms with Crippen LogP contribution < -0.4 is 15.4 Å². The van der Waals surface area contributed by atoms with E-state index >= 15 is 0 Å². The predicted octanol–water partition coefficient (Wildman–Crippen LogP) is 2.61. The van der Waals surface area contributed by atoms with Gasteiger partial charge in [0.2, 0.25) is 0 Å². The number of aliphatic imine (C=N–C) groups is 1. The van der Waals surface area contributed by atoms with Gasteiger partial charge >= 0.3 is 6.36 Å². The molecule has 0 aliphatic heterocycles. The Kier molecular flexibility index (Phi) is 7.21. The van der Waals surface area contributed by atoms with Crippen LogP contribution in [0.3, 0.4) is 0 Å². The van der Waals surface area contributed by atoms with E-state index in [9.17, 15) is 13.2 Å². The number of guanidine groups is 1. The number of nitrogens with one attached hydrogen (secondary N) is 2. The van der Waals surface area contributed by atoms with Gasteiger partial charge in [-0.05, 0) is 12.3 Å². The summed E-state index contributed by atoms with van der Waals surface area (Å²) in [5.41, 5.74) is 0.405. The van der Waals surface area contributed by atoms with Crippen molar-refractivity contribution in [3.8, 4) is 5.75 Å². The maximum atomic E-state index is 12.3. The molecule has 0 unspecified atom stereocenters. The first-order valence-electron chi connectivity index (χ1n) is 6.23.